The van der Waals surface area contributed by atoms with Gasteiger partial charge in [-0.15, -0.1) is 0 Å². The van der Waals surface area contributed by atoms with Crippen molar-refractivity contribution in [1.82, 2.24) is 5.32 Å². The smallest absolute Gasteiger partial charge is 0.126 e. The normalized spacial score (nSPS) is 12.6. The highest BCUT2D eigenvalue weighted by Crippen LogP contribution is 2.17. The molecule has 0 amide bonds. The molecular weight excluding hydrogens is 225 g/mol. The zero-order valence-electron chi connectivity index (χ0n) is 11.7. The fraction of sp³-hybridized carbons (Fsp3) is 0.625. The monoisotopic (exact) mass is 251 g/mol. The molecule has 0 heterocycles. The topological polar surface area (TPSA) is 12.0 Å². The van der Waals surface area contributed by atoms with Gasteiger partial charge in [-0.1, -0.05) is 51.3 Å². The number of benzene rings is 1. The molecule has 0 aliphatic heterocycles. The molecule has 0 saturated heterocycles. The van der Waals surface area contributed by atoms with Gasteiger partial charge in [0.2, 0.25) is 0 Å². The average molecular weight is 251 g/mol. The maximum absolute atomic E-state index is 13.6. The number of hydrogen-bond acceptors (Lipinski definition) is 1. The van der Waals surface area contributed by atoms with Gasteiger partial charge in [0.1, 0.15) is 5.82 Å². The van der Waals surface area contributed by atoms with E-state index in [9.17, 15) is 4.39 Å². The predicted octanol–water partition coefficient (Wildman–Crippen LogP) is 4.17. The fourth-order valence-electron chi connectivity index (χ4n) is 2.28. The predicted molar refractivity (Wildman–Crippen MR) is 76.3 cm³/mol. The number of hydrogen-bond donors (Lipinski definition) is 1. The summed E-state index contributed by atoms with van der Waals surface area (Å²) in [5.74, 6) is 0.489. The van der Waals surface area contributed by atoms with Crippen molar-refractivity contribution in [2.75, 3.05) is 13.1 Å². The van der Waals surface area contributed by atoms with Crippen LogP contribution in [0.25, 0.3) is 0 Å². The van der Waals surface area contributed by atoms with Crippen LogP contribution in [0.1, 0.15) is 45.1 Å². The molecule has 0 bridgehead atoms. The first-order valence-corrected chi connectivity index (χ1v) is 7.22. The van der Waals surface area contributed by atoms with Crippen LogP contribution in [0, 0.1) is 11.7 Å². The molecule has 1 nitrogen and oxygen atoms in total. The van der Waals surface area contributed by atoms with Crippen molar-refractivity contribution in [2.24, 2.45) is 5.92 Å². The zero-order valence-corrected chi connectivity index (χ0v) is 11.7. The Morgan fingerprint density at radius 1 is 1.17 bits per heavy atom. The molecule has 102 valence electrons. The summed E-state index contributed by atoms with van der Waals surface area (Å²) < 4.78 is 13.6. The van der Waals surface area contributed by atoms with Crippen molar-refractivity contribution < 1.29 is 4.39 Å². The first kappa shape index (κ1) is 15.2. The van der Waals surface area contributed by atoms with E-state index in [-0.39, 0.29) is 5.82 Å². The van der Waals surface area contributed by atoms with Crippen LogP contribution in [0.3, 0.4) is 0 Å². The highest BCUT2D eigenvalue weighted by Gasteiger charge is 2.11. The molecule has 0 fully saturated rings. The van der Waals surface area contributed by atoms with Crippen molar-refractivity contribution in [1.29, 1.82) is 0 Å². The van der Waals surface area contributed by atoms with Crippen molar-refractivity contribution in [3.8, 4) is 0 Å². The first-order chi connectivity index (χ1) is 8.77. The van der Waals surface area contributed by atoms with E-state index < -0.39 is 0 Å². The molecule has 18 heavy (non-hydrogen) atoms. The van der Waals surface area contributed by atoms with Crippen LogP contribution in [0.4, 0.5) is 4.39 Å². The second-order valence-electron chi connectivity index (χ2n) is 4.97. The SMILES string of the molecule is CCCCCC(CNCC)Cc1ccccc1F. The molecule has 0 spiro atoms. The third-order valence-electron chi connectivity index (χ3n) is 3.37. The van der Waals surface area contributed by atoms with Gasteiger partial charge in [0.25, 0.3) is 0 Å². The lowest BCUT2D eigenvalue weighted by molar-refractivity contribution is 0.422. The number of unbranched alkanes of at least 4 members (excludes halogenated alkanes) is 2. The van der Waals surface area contributed by atoms with Crippen LogP contribution in [-0.4, -0.2) is 13.1 Å². The van der Waals surface area contributed by atoms with Crippen LogP contribution in [-0.2, 0) is 6.42 Å². The minimum Gasteiger partial charge on any atom is -0.317 e. The van der Waals surface area contributed by atoms with Gasteiger partial charge < -0.3 is 5.32 Å². The minimum absolute atomic E-state index is 0.0607. The molecule has 1 aromatic carbocycles. The number of halogens is 1. The zero-order chi connectivity index (χ0) is 13.2. The number of rotatable bonds is 9. The number of nitrogens with one attached hydrogen (secondary N) is 1. The van der Waals surface area contributed by atoms with E-state index in [4.69, 9.17) is 0 Å². The van der Waals surface area contributed by atoms with Crippen molar-refractivity contribution in [3.63, 3.8) is 0 Å². The summed E-state index contributed by atoms with van der Waals surface area (Å²) in [5.41, 5.74) is 0.858. The second-order valence-corrected chi connectivity index (χ2v) is 4.97. The molecule has 2 heteroatoms. The van der Waals surface area contributed by atoms with E-state index in [0.29, 0.717) is 5.92 Å². The summed E-state index contributed by atoms with van der Waals surface area (Å²) in [7, 11) is 0. The Morgan fingerprint density at radius 2 is 1.94 bits per heavy atom. The lowest BCUT2D eigenvalue weighted by Crippen LogP contribution is -2.24. The fourth-order valence-corrected chi connectivity index (χ4v) is 2.28. The highest BCUT2D eigenvalue weighted by molar-refractivity contribution is 5.17. The molecule has 0 aliphatic rings. The van der Waals surface area contributed by atoms with Crippen molar-refractivity contribution in [2.45, 2.75) is 46.0 Å². The van der Waals surface area contributed by atoms with Crippen LogP contribution >= 0.6 is 0 Å². The summed E-state index contributed by atoms with van der Waals surface area (Å²) in [6, 6.07) is 7.16. The van der Waals surface area contributed by atoms with Gasteiger partial charge in [0.15, 0.2) is 0 Å². The maximum atomic E-state index is 13.6. The molecule has 1 atom stereocenters. The van der Waals surface area contributed by atoms with Gasteiger partial charge in [-0.05, 0) is 43.5 Å². The molecule has 1 N–H and O–H groups in total. The molecule has 0 aliphatic carbocycles. The molecular formula is C16H26FN. The Kier molecular flexibility index (Phi) is 7.66. The Hall–Kier alpha value is -0.890. The molecule has 1 aromatic rings. The summed E-state index contributed by atoms with van der Waals surface area (Å²) in [6.07, 6.45) is 5.81. The van der Waals surface area contributed by atoms with Gasteiger partial charge in [0.05, 0.1) is 0 Å². The Bertz CT molecular complexity index is 325. The van der Waals surface area contributed by atoms with E-state index in [0.717, 1.165) is 25.1 Å². The summed E-state index contributed by atoms with van der Waals surface area (Å²) in [5, 5.41) is 3.39. The second kappa shape index (κ2) is 9.09. The van der Waals surface area contributed by atoms with Crippen LogP contribution in [0.2, 0.25) is 0 Å². The van der Waals surface area contributed by atoms with Crippen LogP contribution in [0.15, 0.2) is 24.3 Å². The van der Waals surface area contributed by atoms with Crippen molar-refractivity contribution >= 4 is 0 Å². The largest absolute Gasteiger partial charge is 0.317 e. The summed E-state index contributed by atoms with van der Waals surface area (Å²) >= 11 is 0. The summed E-state index contributed by atoms with van der Waals surface area (Å²) in [6.45, 7) is 6.32. The third kappa shape index (κ3) is 5.63. The maximum Gasteiger partial charge on any atom is 0.126 e. The van der Waals surface area contributed by atoms with E-state index >= 15 is 0 Å². The third-order valence-corrected chi connectivity index (χ3v) is 3.37. The summed E-state index contributed by atoms with van der Waals surface area (Å²) in [4.78, 5) is 0. The quantitative estimate of drug-likeness (QED) is 0.649. The van der Waals surface area contributed by atoms with Gasteiger partial charge in [-0.2, -0.15) is 0 Å². The van der Waals surface area contributed by atoms with Crippen molar-refractivity contribution in [3.05, 3.63) is 35.6 Å². The van der Waals surface area contributed by atoms with Gasteiger partial charge >= 0.3 is 0 Å². The lowest BCUT2D eigenvalue weighted by atomic mass is 9.93. The van der Waals surface area contributed by atoms with Gasteiger partial charge in [0, 0.05) is 0 Å². The lowest BCUT2D eigenvalue weighted by Gasteiger charge is -2.17. The average Bonchev–Trinajstić information content (AvgIpc) is 2.38. The van der Waals surface area contributed by atoms with Crippen LogP contribution < -0.4 is 5.32 Å². The first-order valence-electron chi connectivity index (χ1n) is 7.22. The van der Waals surface area contributed by atoms with Crippen LogP contribution in [0.5, 0.6) is 0 Å². The van der Waals surface area contributed by atoms with E-state index in [2.05, 4.69) is 19.2 Å². The Morgan fingerprint density at radius 3 is 2.61 bits per heavy atom. The molecule has 0 radical (unpaired) electrons. The van der Waals surface area contributed by atoms with Gasteiger partial charge in [-0.25, -0.2) is 4.39 Å². The Balaban J connectivity index is 2.51. The van der Waals surface area contributed by atoms with E-state index in [1.807, 2.05) is 12.1 Å². The molecule has 0 saturated carbocycles. The van der Waals surface area contributed by atoms with E-state index in [1.165, 1.54) is 25.7 Å². The highest BCUT2D eigenvalue weighted by atomic mass is 19.1. The molecule has 1 rings (SSSR count). The van der Waals surface area contributed by atoms with E-state index in [1.54, 1.807) is 12.1 Å². The standard InChI is InChI=1S/C16H26FN/c1-3-5-6-9-14(13-18-4-2)12-15-10-7-8-11-16(15)17/h7-8,10-11,14,18H,3-6,9,12-13H2,1-2H3. The van der Waals surface area contributed by atoms with Gasteiger partial charge in [-0.3, -0.25) is 0 Å². The molecule has 1 unspecified atom stereocenters. The molecule has 0 aromatic heterocycles. The Labute approximate surface area is 111 Å². The minimum atomic E-state index is -0.0607.